The lowest BCUT2D eigenvalue weighted by atomic mass is 10.0. The number of hydrogen-bond acceptors (Lipinski definition) is 8. The fourth-order valence-corrected chi connectivity index (χ4v) is 6.53. The normalized spacial score (nSPS) is 18.8. The Kier molecular flexibility index (Phi) is 6.52. The van der Waals surface area contributed by atoms with Gasteiger partial charge in [-0.1, -0.05) is 6.07 Å². The minimum Gasteiger partial charge on any atom is -0.469 e. The summed E-state index contributed by atoms with van der Waals surface area (Å²) in [5, 5.41) is 0.980. The van der Waals surface area contributed by atoms with Crippen LogP contribution in [0.2, 0.25) is 0 Å². The number of pyridine rings is 1. The van der Waals surface area contributed by atoms with Crippen molar-refractivity contribution in [1.29, 1.82) is 0 Å². The minimum atomic E-state index is -2.14. The topological polar surface area (TPSA) is 95.8 Å². The second-order valence-electron chi connectivity index (χ2n) is 8.49. The summed E-state index contributed by atoms with van der Waals surface area (Å²) in [6.45, 7) is 4.12. The third-order valence-corrected chi connectivity index (χ3v) is 8.31. The van der Waals surface area contributed by atoms with Gasteiger partial charge in [-0.3, -0.25) is 0 Å². The molecule has 1 aromatic carbocycles. The van der Waals surface area contributed by atoms with Gasteiger partial charge in [-0.25, -0.2) is 19.2 Å². The monoisotopic (exact) mass is 468 g/mol. The first kappa shape index (κ1) is 22.2. The summed E-state index contributed by atoms with van der Waals surface area (Å²) in [4.78, 5) is 13.5. The van der Waals surface area contributed by atoms with Gasteiger partial charge in [-0.05, 0) is 43.5 Å². The van der Waals surface area contributed by atoms with Gasteiger partial charge in [0.1, 0.15) is 12.4 Å². The molecule has 2 aliphatic heterocycles. The molecule has 0 radical (unpaired) electrons. The Labute approximate surface area is 193 Å². The first-order valence-electron chi connectivity index (χ1n) is 11.3. The number of fused-ring (bicyclic) bond motifs is 1. The van der Waals surface area contributed by atoms with Crippen LogP contribution in [0.3, 0.4) is 0 Å². The summed E-state index contributed by atoms with van der Waals surface area (Å²) in [6, 6.07) is 7.80. The van der Waals surface area contributed by atoms with Gasteiger partial charge >= 0.3 is 0 Å². The molecule has 0 saturated carbocycles. The maximum Gasteiger partial charge on any atom is 0.217 e. The van der Waals surface area contributed by atoms with Crippen molar-refractivity contribution in [2.75, 3.05) is 37.9 Å². The molecule has 0 unspecified atom stereocenters. The molecule has 0 bridgehead atoms. The zero-order valence-electron chi connectivity index (χ0n) is 18.7. The predicted octanol–water partition coefficient (Wildman–Crippen LogP) is 3.61. The average molecular weight is 469 g/mol. The summed E-state index contributed by atoms with van der Waals surface area (Å²) in [5.74, 6) is 1.92. The molecule has 3 aromatic rings. The van der Waals surface area contributed by atoms with Crippen molar-refractivity contribution in [2.24, 2.45) is 4.36 Å². The van der Waals surface area contributed by atoms with Crippen molar-refractivity contribution >= 4 is 26.3 Å². The van der Waals surface area contributed by atoms with E-state index < -0.39 is 9.73 Å². The van der Waals surface area contributed by atoms with Gasteiger partial charge in [0.25, 0.3) is 0 Å². The van der Waals surface area contributed by atoms with Crippen LogP contribution in [0.1, 0.15) is 29.7 Å². The predicted molar refractivity (Wildman–Crippen MR) is 127 cm³/mol. The number of hydrogen-bond donors (Lipinski definition) is 0. The molecule has 2 aliphatic rings. The first-order valence-corrected chi connectivity index (χ1v) is 13.2. The van der Waals surface area contributed by atoms with E-state index in [1.165, 1.54) is 0 Å². The highest BCUT2D eigenvalue weighted by molar-refractivity contribution is 7.93. The molecule has 9 heteroatoms. The minimum absolute atomic E-state index is 0.202. The second kappa shape index (κ2) is 9.70. The molecule has 2 fully saturated rings. The van der Waals surface area contributed by atoms with Crippen LogP contribution >= 0.6 is 0 Å². The summed E-state index contributed by atoms with van der Waals surface area (Å²) in [6.07, 6.45) is 5.60. The average Bonchev–Trinajstić information content (AvgIpc) is 3.06. The van der Waals surface area contributed by atoms with E-state index in [2.05, 4.69) is 19.3 Å². The van der Waals surface area contributed by atoms with E-state index in [0.717, 1.165) is 46.3 Å². The SMILES string of the molecule is Cc1cc(N=S2(=O)CCCC2)cc2ncnc(Cc3cccnc3OC3COCCOC3)c12. The molecule has 174 valence electrons. The van der Waals surface area contributed by atoms with Crippen molar-refractivity contribution in [3.8, 4) is 5.88 Å². The van der Waals surface area contributed by atoms with Crippen LogP contribution in [0, 0.1) is 6.92 Å². The Balaban J connectivity index is 1.46. The van der Waals surface area contributed by atoms with Crippen molar-refractivity contribution in [3.05, 3.63) is 53.6 Å². The van der Waals surface area contributed by atoms with E-state index in [4.69, 9.17) is 14.2 Å². The van der Waals surface area contributed by atoms with Crippen LogP contribution in [0.25, 0.3) is 10.9 Å². The fraction of sp³-hybridized carbons (Fsp3) is 0.458. The number of ether oxygens (including phenoxy) is 3. The quantitative estimate of drug-likeness (QED) is 0.564. The maximum atomic E-state index is 12.9. The molecule has 0 N–H and O–H groups in total. The van der Waals surface area contributed by atoms with Crippen LogP contribution in [0.4, 0.5) is 5.69 Å². The molecule has 33 heavy (non-hydrogen) atoms. The molecule has 0 aliphatic carbocycles. The van der Waals surface area contributed by atoms with Gasteiger partial charge < -0.3 is 14.2 Å². The summed E-state index contributed by atoms with van der Waals surface area (Å²) < 4.78 is 34.7. The van der Waals surface area contributed by atoms with E-state index >= 15 is 0 Å². The first-order chi connectivity index (χ1) is 16.1. The van der Waals surface area contributed by atoms with E-state index in [-0.39, 0.29) is 6.10 Å². The van der Waals surface area contributed by atoms with Crippen LogP contribution in [0.15, 0.2) is 41.2 Å². The summed E-state index contributed by atoms with van der Waals surface area (Å²) in [5.41, 5.74) is 4.37. The molecule has 2 saturated heterocycles. The number of aryl methyl sites for hydroxylation is 1. The summed E-state index contributed by atoms with van der Waals surface area (Å²) >= 11 is 0. The van der Waals surface area contributed by atoms with E-state index in [9.17, 15) is 4.21 Å². The van der Waals surface area contributed by atoms with Gasteiger partial charge in [0.05, 0.1) is 53.1 Å². The highest BCUT2D eigenvalue weighted by Crippen LogP contribution is 2.30. The van der Waals surface area contributed by atoms with Crippen molar-refractivity contribution in [3.63, 3.8) is 0 Å². The number of rotatable bonds is 5. The Bertz CT molecular complexity index is 1250. The Morgan fingerprint density at radius 1 is 1.12 bits per heavy atom. The standard InChI is InChI=1S/C24H28N4O4S/c1-17-11-19(28-33(29)9-2-3-10-33)13-22-23(17)21(26-16-27-22)12-18-5-4-6-25-24(18)32-20-14-30-7-8-31-15-20/h4-6,11,13,16,20H,2-3,7-10,12,14-15H2,1H3. The Morgan fingerprint density at radius 2 is 1.91 bits per heavy atom. The fourth-order valence-electron chi connectivity index (χ4n) is 4.35. The van der Waals surface area contributed by atoms with Crippen molar-refractivity contribution in [2.45, 2.75) is 32.3 Å². The zero-order valence-corrected chi connectivity index (χ0v) is 19.6. The lowest BCUT2D eigenvalue weighted by Crippen LogP contribution is -2.27. The third kappa shape index (κ3) is 5.15. The number of aromatic nitrogens is 3. The lowest BCUT2D eigenvalue weighted by molar-refractivity contribution is 0.0561. The molecule has 2 aromatic heterocycles. The molecule has 8 nitrogen and oxygen atoms in total. The molecule has 0 amide bonds. The van der Waals surface area contributed by atoms with Crippen LogP contribution in [-0.2, 0) is 25.6 Å². The van der Waals surface area contributed by atoms with Crippen molar-refractivity contribution < 1.29 is 18.4 Å². The van der Waals surface area contributed by atoms with Crippen molar-refractivity contribution in [1.82, 2.24) is 15.0 Å². The highest BCUT2D eigenvalue weighted by Gasteiger charge is 2.20. The van der Waals surface area contributed by atoms with Gasteiger partial charge in [-0.2, -0.15) is 4.36 Å². The van der Waals surface area contributed by atoms with Crippen LogP contribution in [0.5, 0.6) is 5.88 Å². The molecule has 0 spiro atoms. The lowest BCUT2D eigenvalue weighted by Gasteiger charge is -2.18. The summed E-state index contributed by atoms with van der Waals surface area (Å²) in [7, 11) is -2.14. The van der Waals surface area contributed by atoms with Crippen LogP contribution < -0.4 is 4.74 Å². The highest BCUT2D eigenvalue weighted by atomic mass is 32.2. The van der Waals surface area contributed by atoms with Crippen LogP contribution in [-0.4, -0.2) is 63.2 Å². The molecule has 4 heterocycles. The largest absolute Gasteiger partial charge is 0.469 e. The van der Waals surface area contributed by atoms with E-state index in [1.54, 1.807) is 12.5 Å². The number of benzene rings is 1. The smallest absolute Gasteiger partial charge is 0.217 e. The molecule has 0 atom stereocenters. The Morgan fingerprint density at radius 3 is 2.70 bits per heavy atom. The second-order valence-corrected chi connectivity index (χ2v) is 11.0. The molecule has 5 rings (SSSR count). The van der Waals surface area contributed by atoms with Gasteiger partial charge in [0.15, 0.2) is 0 Å². The Hall–Kier alpha value is -2.62. The van der Waals surface area contributed by atoms with Gasteiger partial charge in [-0.15, -0.1) is 0 Å². The van der Waals surface area contributed by atoms with Gasteiger partial charge in [0.2, 0.25) is 5.88 Å². The zero-order chi connectivity index (χ0) is 22.7. The van der Waals surface area contributed by atoms with E-state index in [0.29, 0.717) is 50.2 Å². The van der Waals surface area contributed by atoms with E-state index in [1.807, 2.05) is 31.2 Å². The molecular weight excluding hydrogens is 440 g/mol. The molecular formula is C24H28N4O4S. The maximum absolute atomic E-state index is 12.9. The van der Waals surface area contributed by atoms with Gasteiger partial charge in [0, 0.05) is 35.1 Å². The number of nitrogens with zero attached hydrogens (tertiary/aromatic N) is 4. The third-order valence-electron chi connectivity index (χ3n) is 5.91.